The molecule has 5 rings (SSSR count). The molecular formula is C34H33ClF3N5O4S. The van der Waals surface area contributed by atoms with Gasteiger partial charge in [-0.25, -0.2) is 5.43 Å². The molecule has 2 heterocycles. The molecule has 0 spiro atoms. The lowest BCUT2D eigenvalue weighted by atomic mass is 10.1. The third-order valence-electron chi connectivity index (χ3n) is 7.96. The average molecular weight is 700 g/mol. The van der Waals surface area contributed by atoms with Crippen LogP contribution in [0.2, 0.25) is 5.02 Å². The first-order valence-corrected chi connectivity index (χ1v) is 16.9. The second kappa shape index (κ2) is 15.7. The second-order valence-electron chi connectivity index (χ2n) is 11.4. The van der Waals surface area contributed by atoms with Crippen LogP contribution in [-0.2, 0) is 21.5 Å². The Balaban J connectivity index is 1.28. The molecule has 2 aliphatic rings. The lowest BCUT2D eigenvalue weighted by Crippen LogP contribution is -2.31. The lowest BCUT2D eigenvalue weighted by Gasteiger charge is -2.29. The fraction of sp³-hybridized carbons (Fsp3) is 0.324. The van der Waals surface area contributed by atoms with Gasteiger partial charge in [-0.05, 0) is 72.9 Å². The summed E-state index contributed by atoms with van der Waals surface area (Å²) in [6.07, 6.45) is 0.0783. The van der Waals surface area contributed by atoms with Gasteiger partial charge in [0.15, 0.2) is 0 Å². The standard InChI is InChI=1S/C34H33ClF3N5O4S/c35-28-9-7-22(18-27(28)34(36,37)38)20-39-41-33(47)26-19-25(42-13-2-1-3-14-42)8-10-29(26)40-32(46)24-6-4-5-23(17-24)21-48-16-15-43-30(44)11-12-31(43)45/h4-10,17-20H,1-3,11-16,21H2,(H,40,46)(H,41,47)/b39-20+. The van der Waals surface area contributed by atoms with Gasteiger partial charge in [0, 0.05) is 55.2 Å². The lowest BCUT2D eigenvalue weighted by molar-refractivity contribution is -0.138. The van der Waals surface area contributed by atoms with Gasteiger partial charge in [-0.3, -0.25) is 24.1 Å². The van der Waals surface area contributed by atoms with E-state index in [1.807, 2.05) is 12.1 Å². The van der Waals surface area contributed by atoms with Crippen molar-refractivity contribution in [2.24, 2.45) is 5.10 Å². The molecule has 48 heavy (non-hydrogen) atoms. The Kier molecular flexibility index (Phi) is 11.4. The number of imide groups is 1. The summed E-state index contributed by atoms with van der Waals surface area (Å²) in [5, 5.41) is 6.24. The van der Waals surface area contributed by atoms with Gasteiger partial charge in [-0.15, -0.1) is 0 Å². The number of hydrazone groups is 1. The third kappa shape index (κ3) is 8.95. The number of anilines is 2. The van der Waals surface area contributed by atoms with Crippen molar-refractivity contribution in [2.75, 3.05) is 35.6 Å². The zero-order chi connectivity index (χ0) is 34.3. The number of piperidine rings is 1. The maximum absolute atomic E-state index is 13.4. The van der Waals surface area contributed by atoms with Crippen LogP contribution in [0.3, 0.4) is 0 Å². The molecule has 0 saturated carbocycles. The highest BCUT2D eigenvalue weighted by atomic mass is 35.5. The Bertz CT molecular complexity index is 1710. The molecule has 9 nitrogen and oxygen atoms in total. The predicted octanol–water partition coefficient (Wildman–Crippen LogP) is 6.75. The first-order valence-electron chi connectivity index (χ1n) is 15.4. The molecule has 252 valence electrons. The minimum Gasteiger partial charge on any atom is -0.372 e. The average Bonchev–Trinajstić information content (AvgIpc) is 3.40. The summed E-state index contributed by atoms with van der Waals surface area (Å²) in [5.41, 5.74) is 3.83. The number of carbonyl (C=O) groups is 4. The number of nitrogens with one attached hydrogen (secondary N) is 2. The van der Waals surface area contributed by atoms with Crippen molar-refractivity contribution in [1.29, 1.82) is 0 Å². The Hall–Kier alpha value is -4.36. The molecule has 0 unspecified atom stereocenters. The number of rotatable bonds is 11. The van der Waals surface area contributed by atoms with Crippen molar-refractivity contribution in [3.63, 3.8) is 0 Å². The van der Waals surface area contributed by atoms with Gasteiger partial charge >= 0.3 is 6.18 Å². The van der Waals surface area contributed by atoms with Crippen LogP contribution < -0.4 is 15.6 Å². The Labute approximate surface area is 284 Å². The van der Waals surface area contributed by atoms with Crippen molar-refractivity contribution in [1.82, 2.24) is 10.3 Å². The smallest absolute Gasteiger partial charge is 0.372 e. The molecule has 4 amide bonds. The maximum Gasteiger partial charge on any atom is 0.417 e. The summed E-state index contributed by atoms with van der Waals surface area (Å²) in [6.45, 7) is 1.98. The van der Waals surface area contributed by atoms with Crippen molar-refractivity contribution >= 4 is 64.6 Å². The van der Waals surface area contributed by atoms with E-state index in [2.05, 4.69) is 20.7 Å². The van der Waals surface area contributed by atoms with Crippen molar-refractivity contribution in [3.05, 3.63) is 93.5 Å². The number of thioether (sulfide) groups is 1. The predicted molar refractivity (Wildman–Crippen MR) is 181 cm³/mol. The maximum atomic E-state index is 13.4. The number of amides is 4. The SMILES string of the molecule is O=C(Nc1ccc(N2CCCCC2)cc1C(=O)N/N=C/c1ccc(Cl)c(C(F)(F)F)c1)c1cccc(CSCCN2C(=O)CCC2=O)c1. The molecule has 3 aromatic rings. The number of hydrogen-bond donors (Lipinski definition) is 2. The van der Waals surface area contributed by atoms with Crippen LogP contribution in [0.15, 0.2) is 65.8 Å². The molecule has 0 aliphatic carbocycles. The van der Waals surface area contributed by atoms with Gasteiger partial charge in [0.25, 0.3) is 11.8 Å². The molecule has 14 heteroatoms. The number of likely N-dealkylation sites (tertiary alicyclic amines) is 1. The molecule has 2 N–H and O–H groups in total. The first kappa shape index (κ1) is 35.0. The van der Waals surface area contributed by atoms with E-state index in [0.717, 1.165) is 62.0 Å². The van der Waals surface area contributed by atoms with Crippen LogP contribution in [0.25, 0.3) is 0 Å². The summed E-state index contributed by atoms with van der Waals surface area (Å²) in [4.78, 5) is 53.8. The Morgan fingerprint density at radius 3 is 2.42 bits per heavy atom. The monoisotopic (exact) mass is 699 g/mol. The molecule has 0 aromatic heterocycles. The summed E-state index contributed by atoms with van der Waals surface area (Å²) in [7, 11) is 0. The van der Waals surface area contributed by atoms with Gasteiger partial charge < -0.3 is 10.2 Å². The van der Waals surface area contributed by atoms with Gasteiger partial charge in [0.2, 0.25) is 11.8 Å². The van der Waals surface area contributed by atoms with Crippen LogP contribution in [0.1, 0.15) is 69.5 Å². The summed E-state index contributed by atoms with van der Waals surface area (Å²) in [6, 6.07) is 15.4. The van der Waals surface area contributed by atoms with Crippen LogP contribution in [-0.4, -0.2) is 60.1 Å². The molecule has 0 bridgehead atoms. The fourth-order valence-corrected chi connectivity index (χ4v) is 6.55. The van der Waals surface area contributed by atoms with E-state index in [1.54, 1.807) is 42.1 Å². The molecule has 2 fully saturated rings. The van der Waals surface area contributed by atoms with Gasteiger partial charge in [-0.1, -0.05) is 29.8 Å². The summed E-state index contributed by atoms with van der Waals surface area (Å²) >= 11 is 7.24. The normalized spacial score (nSPS) is 15.3. The Morgan fingerprint density at radius 2 is 1.69 bits per heavy atom. The fourth-order valence-electron chi connectivity index (χ4n) is 5.46. The van der Waals surface area contributed by atoms with Crippen LogP contribution in [0.4, 0.5) is 24.5 Å². The minimum absolute atomic E-state index is 0.0821. The highest BCUT2D eigenvalue weighted by Crippen LogP contribution is 2.35. The second-order valence-corrected chi connectivity index (χ2v) is 12.9. The van der Waals surface area contributed by atoms with Crippen molar-refractivity contribution < 1.29 is 32.3 Å². The number of halogens is 4. The largest absolute Gasteiger partial charge is 0.417 e. The zero-order valence-electron chi connectivity index (χ0n) is 25.8. The van der Waals surface area contributed by atoms with E-state index in [9.17, 15) is 32.3 Å². The molecule has 0 radical (unpaired) electrons. The summed E-state index contributed by atoms with van der Waals surface area (Å²) < 4.78 is 39.8. The molecule has 2 aliphatic heterocycles. The number of benzene rings is 3. The first-order chi connectivity index (χ1) is 23.0. The number of carbonyl (C=O) groups excluding carboxylic acids is 4. The van der Waals surface area contributed by atoms with E-state index in [0.29, 0.717) is 23.6 Å². The van der Waals surface area contributed by atoms with Gasteiger partial charge in [0.05, 0.1) is 28.1 Å². The quantitative estimate of drug-likeness (QED) is 0.0992. The number of alkyl halides is 3. The van der Waals surface area contributed by atoms with E-state index < -0.39 is 28.6 Å². The van der Waals surface area contributed by atoms with Gasteiger partial charge in [-0.2, -0.15) is 30.0 Å². The number of hydrogen-bond acceptors (Lipinski definition) is 7. The van der Waals surface area contributed by atoms with Crippen LogP contribution >= 0.6 is 23.4 Å². The van der Waals surface area contributed by atoms with Crippen LogP contribution in [0.5, 0.6) is 0 Å². The molecule has 2 saturated heterocycles. The highest BCUT2D eigenvalue weighted by molar-refractivity contribution is 7.98. The topological polar surface area (TPSA) is 111 Å². The van der Waals surface area contributed by atoms with E-state index in [1.165, 1.54) is 11.0 Å². The third-order valence-corrected chi connectivity index (χ3v) is 9.30. The molecule has 3 aromatic carbocycles. The zero-order valence-corrected chi connectivity index (χ0v) is 27.4. The Morgan fingerprint density at radius 1 is 0.938 bits per heavy atom. The number of nitrogens with zero attached hydrogens (tertiary/aromatic N) is 3. The van der Waals surface area contributed by atoms with Crippen molar-refractivity contribution in [2.45, 2.75) is 44.0 Å². The molecular weight excluding hydrogens is 667 g/mol. The van der Waals surface area contributed by atoms with E-state index in [4.69, 9.17) is 11.6 Å². The van der Waals surface area contributed by atoms with Crippen molar-refractivity contribution in [3.8, 4) is 0 Å². The van der Waals surface area contributed by atoms with E-state index >= 15 is 0 Å². The van der Waals surface area contributed by atoms with E-state index in [-0.39, 0.29) is 41.5 Å². The highest BCUT2D eigenvalue weighted by Gasteiger charge is 2.33. The van der Waals surface area contributed by atoms with Gasteiger partial charge in [0.1, 0.15) is 0 Å². The summed E-state index contributed by atoms with van der Waals surface area (Å²) in [5.74, 6) is -0.274. The minimum atomic E-state index is -4.65. The van der Waals surface area contributed by atoms with Crippen LogP contribution in [0, 0.1) is 0 Å². The molecule has 0 atom stereocenters.